The number of esters is 1. The van der Waals surface area contributed by atoms with Crippen LogP contribution in [0.2, 0.25) is 0 Å². The lowest BCUT2D eigenvalue weighted by atomic mass is 10.2. The molecule has 2 aromatic rings. The first-order chi connectivity index (χ1) is 12.7. The summed E-state index contributed by atoms with van der Waals surface area (Å²) in [6, 6.07) is 12.6. The average Bonchev–Trinajstić information content (AvgIpc) is 3.26. The highest BCUT2D eigenvalue weighted by Crippen LogP contribution is 2.33. The Balaban J connectivity index is 1.60. The molecule has 2 aliphatic rings. The van der Waals surface area contributed by atoms with E-state index in [4.69, 9.17) is 18.9 Å². The molecule has 4 rings (SSSR count). The fourth-order valence-corrected chi connectivity index (χ4v) is 2.57. The van der Waals surface area contributed by atoms with Gasteiger partial charge in [-0.1, -0.05) is 24.8 Å². The zero-order chi connectivity index (χ0) is 17.9. The van der Waals surface area contributed by atoms with Crippen molar-refractivity contribution < 1.29 is 23.7 Å². The third-order valence-corrected chi connectivity index (χ3v) is 3.77. The summed E-state index contributed by atoms with van der Waals surface area (Å²) in [7, 11) is 0. The Kier molecular flexibility index (Phi) is 4.15. The van der Waals surface area contributed by atoms with Crippen LogP contribution in [0.15, 0.2) is 65.8 Å². The van der Waals surface area contributed by atoms with Crippen LogP contribution in [-0.4, -0.2) is 25.3 Å². The second-order valence-electron chi connectivity index (χ2n) is 5.58. The van der Waals surface area contributed by atoms with Crippen molar-refractivity contribution in [1.29, 1.82) is 0 Å². The van der Waals surface area contributed by atoms with E-state index in [-0.39, 0.29) is 18.4 Å². The second kappa shape index (κ2) is 6.76. The molecule has 0 aromatic heterocycles. The van der Waals surface area contributed by atoms with E-state index in [1.165, 1.54) is 0 Å². The number of hydrogen-bond donors (Lipinski definition) is 0. The Morgan fingerprint density at radius 3 is 2.92 bits per heavy atom. The normalized spacial score (nSPS) is 16.4. The molecule has 6 heteroatoms. The van der Waals surface area contributed by atoms with Crippen molar-refractivity contribution in [2.75, 3.05) is 13.4 Å². The van der Waals surface area contributed by atoms with Crippen LogP contribution in [-0.2, 0) is 9.53 Å². The van der Waals surface area contributed by atoms with Crippen molar-refractivity contribution >= 4 is 17.9 Å². The topological polar surface area (TPSA) is 66.3 Å². The van der Waals surface area contributed by atoms with Gasteiger partial charge in [-0.2, -0.15) is 0 Å². The number of cyclic esters (lactones) is 1. The number of nitrogens with zero attached hydrogens (tertiary/aromatic N) is 1. The van der Waals surface area contributed by atoms with Gasteiger partial charge in [-0.25, -0.2) is 9.79 Å². The molecule has 0 atom stereocenters. The van der Waals surface area contributed by atoms with E-state index in [1.54, 1.807) is 30.4 Å². The lowest BCUT2D eigenvalue weighted by Gasteiger charge is -2.03. The number of benzene rings is 2. The maximum Gasteiger partial charge on any atom is 0.363 e. The van der Waals surface area contributed by atoms with Gasteiger partial charge < -0.3 is 18.9 Å². The lowest BCUT2D eigenvalue weighted by Crippen LogP contribution is -2.05. The maximum absolute atomic E-state index is 12.1. The summed E-state index contributed by atoms with van der Waals surface area (Å²) in [6.07, 6.45) is 3.32. The summed E-state index contributed by atoms with van der Waals surface area (Å²) >= 11 is 0. The van der Waals surface area contributed by atoms with Gasteiger partial charge in [-0.3, -0.25) is 0 Å². The first kappa shape index (κ1) is 16.0. The molecule has 0 N–H and O–H groups in total. The van der Waals surface area contributed by atoms with E-state index in [0.29, 0.717) is 29.4 Å². The van der Waals surface area contributed by atoms with Crippen molar-refractivity contribution in [2.45, 2.75) is 0 Å². The highest BCUT2D eigenvalue weighted by molar-refractivity contribution is 6.13. The zero-order valence-corrected chi connectivity index (χ0v) is 13.8. The van der Waals surface area contributed by atoms with E-state index < -0.39 is 5.97 Å². The van der Waals surface area contributed by atoms with Crippen LogP contribution in [0.1, 0.15) is 11.1 Å². The molecule has 0 saturated heterocycles. The van der Waals surface area contributed by atoms with E-state index in [2.05, 4.69) is 11.6 Å². The first-order valence-electron chi connectivity index (χ1n) is 7.99. The quantitative estimate of drug-likeness (QED) is 0.471. The molecule has 2 aromatic carbocycles. The van der Waals surface area contributed by atoms with Gasteiger partial charge in [0.25, 0.3) is 0 Å². The Hall–Kier alpha value is -3.54. The Bertz CT molecular complexity index is 945. The van der Waals surface area contributed by atoms with Crippen molar-refractivity contribution in [3.05, 3.63) is 71.9 Å². The van der Waals surface area contributed by atoms with E-state index >= 15 is 0 Å². The van der Waals surface area contributed by atoms with Gasteiger partial charge in [-0.05, 0) is 42.0 Å². The number of aliphatic imine (C=N–C) groups is 1. The predicted octanol–water partition coefficient (Wildman–Crippen LogP) is 3.32. The minimum Gasteiger partial charge on any atom is -0.490 e. The van der Waals surface area contributed by atoms with Gasteiger partial charge in [0.1, 0.15) is 12.4 Å². The van der Waals surface area contributed by atoms with E-state index in [0.717, 1.165) is 5.56 Å². The number of rotatable bonds is 5. The van der Waals surface area contributed by atoms with Crippen LogP contribution < -0.4 is 14.2 Å². The number of carbonyl (C=O) groups excluding carboxylic acids is 1. The molecule has 0 aliphatic carbocycles. The lowest BCUT2D eigenvalue weighted by molar-refractivity contribution is -0.129. The molecule has 0 unspecified atom stereocenters. The molecule has 26 heavy (non-hydrogen) atoms. The molecule has 2 heterocycles. The summed E-state index contributed by atoms with van der Waals surface area (Å²) in [5.74, 6) is 1.68. The van der Waals surface area contributed by atoms with Crippen LogP contribution in [0.5, 0.6) is 17.2 Å². The monoisotopic (exact) mass is 349 g/mol. The van der Waals surface area contributed by atoms with Crippen LogP contribution >= 0.6 is 0 Å². The predicted molar refractivity (Wildman–Crippen MR) is 95.3 cm³/mol. The SMILES string of the molecule is C=CCOc1cccc(/C=C2\N=C(c3ccc4c(c3)OCO4)OC2=O)c1. The molecule has 0 radical (unpaired) electrons. The summed E-state index contributed by atoms with van der Waals surface area (Å²) < 4.78 is 21.4. The molecule has 0 saturated carbocycles. The van der Waals surface area contributed by atoms with Gasteiger partial charge in [0.05, 0.1) is 0 Å². The van der Waals surface area contributed by atoms with E-state index in [9.17, 15) is 4.79 Å². The van der Waals surface area contributed by atoms with Gasteiger partial charge in [0.15, 0.2) is 17.2 Å². The summed E-state index contributed by atoms with van der Waals surface area (Å²) in [6.45, 7) is 4.21. The first-order valence-corrected chi connectivity index (χ1v) is 7.99. The molecular weight excluding hydrogens is 334 g/mol. The Morgan fingerprint density at radius 1 is 1.15 bits per heavy atom. The molecule has 0 amide bonds. The smallest absolute Gasteiger partial charge is 0.363 e. The average molecular weight is 349 g/mol. The number of carbonyl (C=O) groups is 1. The summed E-state index contributed by atoms with van der Waals surface area (Å²) in [4.78, 5) is 16.5. The summed E-state index contributed by atoms with van der Waals surface area (Å²) in [5, 5.41) is 0. The van der Waals surface area contributed by atoms with Gasteiger partial charge in [0, 0.05) is 5.56 Å². The van der Waals surface area contributed by atoms with Crippen molar-refractivity contribution in [3.8, 4) is 17.2 Å². The van der Waals surface area contributed by atoms with Crippen LogP contribution in [0.3, 0.4) is 0 Å². The Morgan fingerprint density at radius 2 is 2.04 bits per heavy atom. The van der Waals surface area contributed by atoms with Crippen LogP contribution in [0, 0.1) is 0 Å². The minimum absolute atomic E-state index is 0.181. The number of hydrogen-bond acceptors (Lipinski definition) is 6. The molecule has 130 valence electrons. The fraction of sp³-hybridized carbons (Fsp3) is 0.100. The van der Waals surface area contributed by atoms with Crippen molar-refractivity contribution in [1.82, 2.24) is 0 Å². The van der Waals surface area contributed by atoms with Crippen LogP contribution in [0.4, 0.5) is 0 Å². The van der Waals surface area contributed by atoms with Crippen molar-refractivity contribution in [3.63, 3.8) is 0 Å². The number of ether oxygens (including phenoxy) is 4. The third-order valence-electron chi connectivity index (χ3n) is 3.77. The molecule has 2 aliphatic heterocycles. The third kappa shape index (κ3) is 3.17. The zero-order valence-electron chi connectivity index (χ0n) is 13.8. The highest BCUT2D eigenvalue weighted by atomic mass is 16.7. The van der Waals surface area contributed by atoms with Gasteiger partial charge in [-0.15, -0.1) is 0 Å². The Labute approximate surface area is 150 Å². The molecule has 6 nitrogen and oxygen atoms in total. The minimum atomic E-state index is -0.505. The summed E-state index contributed by atoms with van der Waals surface area (Å²) in [5.41, 5.74) is 1.65. The largest absolute Gasteiger partial charge is 0.490 e. The number of fused-ring (bicyclic) bond motifs is 1. The van der Waals surface area contributed by atoms with Gasteiger partial charge in [0.2, 0.25) is 12.7 Å². The van der Waals surface area contributed by atoms with Crippen molar-refractivity contribution in [2.24, 2.45) is 4.99 Å². The fourth-order valence-electron chi connectivity index (χ4n) is 2.57. The molecule has 0 spiro atoms. The molecule has 0 bridgehead atoms. The van der Waals surface area contributed by atoms with Crippen LogP contribution in [0.25, 0.3) is 6.08 Å². The highest BCUT2D eigenvalue weighted by Gasteiger charge is 2.25. The van der Waals surface area contributed by atoms with E-state index in [1.807, 2.05) is 24.3 Å². The maximum atomic E-state index is 12.1. The van der Waals surface area contributed by atoms with Gasteiger partial charge >= 0.3 is 5.97 Å². The molecule has 0 fully saturated rings. The second-order valence-corrected chi connectivity index (χ2v) is 5.58. The standard InChI is InChI=1S/C20H15NO5/c1-2-8-23-15-5-3-4-13(9-15)10-16-20(22)26-19(21-16)14-6-7-17-18(11-14)25-12-24-17/h2-7,9-11H,1,8,12H2/b16-10-. The molecular formula is C20H15NO5.